The van der Waals surface area contributed by atoms with Crippen LogP contribution in [0.4, 0.5) is 0 Å². The summed E-state index contributed by atoms with van der Waals surface area (Å²) in [5.41, 5.74) is 1.86. The Balaban J connectivity index is 2.10. The van der Waals surface area contributed by atoms with Crippen LogP contribution < -0.4 is 4.74 Å². The van der Waals surface area contributed by atoms with E-state index in [4.69, 9.17) is 16.3 Å². The van der Waals surface area contributed by atoms with Gasteiger partial charge in [0.25, 0.3) is 0 Å². The quantitative estimate of drug-likeness (QED) is 0.894. The summed E-state index contributed by atoms with van der Waals surface area (Å²) in [6, 6.07) is 13.1. The summed E-state index contributed by atoms with van der Waals surface area (Å²) in [7, 11) is 1.63. The lowest BCUT2D eigenvalue weighted by Crippen LogP contribution is -2.01. The van der Waals surface area contributed by atoms with Gasteiger partial charge in [-0.3, -0.25) is 0 Å². The summed E-state index contributed by atoms with van der Waals surface area (Å²) < 4.78 is 5.93. The van der Waals surface area contributed by atoms with Gasteiger partial charge in [0, 0.05) is 10.9 Å². The van der Waals surface area contributed by atoms with Crippen LogP contribution >= 0.6 is 27.5 Å². The number of hydrogen-bond acceptors (Lipinski definition) is 2. The first kappa shape index (κ1) is 14.4. The normalized spacial score (nSPS) is 12.2. The van der Waals surface area contributed by atoms with Gasteiger partial charge in [-0.05, 0) is 51.3 Å². The average Bonchev–Trinajstić information content (AvgIpc) is 2.42. The van der Waals surface area contributed by atoms with Crippen LogP contribution in [-0.2, 0) is 6.42 Å². The number of aliphatic hydroxyl groups excluding tert-OH is 1. The molecule has 2 nitrogen and oxygen atoms in total. The minimum atomic E-state index is -0.570. The van der Waals surface area contributed by atoms with E-state index in [1.54, 1.807) is 13.2 Å². The molecule has 0 spiro atoms. The van der Waals surface area contributed by atoms with E-state index in [9.17, 15) is 5.11 Å². The minimum Gasteiger partial charge on any atom is -0.497 e. The summed E-state index contributed by atoms with van der Waals surface area (Å²) >= 11 is 9.36. The summed E-state index contributed by atoms with van der Waals surface area (Å²) in [5, 5.41) is 10.8. The maximum absolute atomic E-state index is 10.2. The fourth-order valence-corrected chi connectivity index (χ4v) is 2.26. The van der Waals surface area contributed by atoms with E-state index in [2.05, 4.69) is 15.9 Å². The Kier molecular flexibility index (Phi) is 4.86. The van der Waals surface area contributed by atoms with Gasteiger partial charge in [0.05, 0.1) is 18.2 Å². The number of halogens is 2. The van der Waals surface area contributed by atoms with Crippen LogP contribution in [0.2, 0.25) is 5.02 Å². The molecule has 0 aliphatic rings. The highest BCUT2D eigenvalue weighted by Crippen LogP contribution is 2.27. The number of hydrogen-bond donors (Lipinski definition) is 1. The molecular formula is C15H14BrClO2. The molecule has 1 atom stereocenters. The zero-order valence-electron chi connectivity index (χ0n) is 10.4. The minimum absolute atomic E-state index is 0.544. The molecule has 1 unspecified atom stereocenters. The molecule has 2 rings (SSSR count). The third-order valence-corrected chi connectivity index (χ3v) is 4.15. The van der Waals surface area contributed by atoms with Gasteiger partial charge in [-0.1, -0.05) is 29.8 Å². The first-order valence-corrected chi connectivity index (χ1v) is 7.03. The van der Waals surface area contributed by atoms with Gasteiger partial charge in [0.2, 0.25) is 0 Å². The number of aliphatic hydroxyl groups is 1. The molecule has 0 bridgehead atoms. The van der Waals surface area contributed by atoms with Crippen LogP contribution in [0.15, 0.2) is 46.9 Å². The predicted molar refractivity (Wildman–Crippen MR) is 80.8 cm³/mol. The van der Waals surface area contributed by atoms with Crippen molar-refractivity contribution in [3.05, 3.63) is 63.1 Å². The number of rotatable bonds is 4. The first-order valence-electron chi connectivity index (χ1n) is 5.86. The second-order valence-corrected chi connectivity index (χ2v) is 5.50. The van der Waals surface area contributed by atoms with Gasteiger partial charge in [-0.2, -0.15) is 0 Å². The summed E-state index contributed by atoms with van der Waals surface area (Å²) in [6.45, 7) is 0. The lowest BCUT2D eigenvalue weighted by molar-refractivity contribution is 0.178. The molecule has 2 aromatic carbocycles. The van der Waals surface area contributed by atoms with E-state index < -0.39 is 6.10 Å². The summed E-state index contributed by atoms with van der Waals surface area (Å²) in [6.07, 6.45) is -0.0268. The molecule has 0 amide bonds. The van der Waals surface area contributed by atoms with Gasteiger partial charge in [0.15, 0.2) is 0 Å². The second kappa shape index (κ2) is 6.42. The van der Waals surface area contributed by atoms with Crippen LogP contribution in [-0.4, -0.2) is 12.2 Å². The Morgan fingerprint density at radius 3 is 2.47 bits per heavy atom. The molecule has 0 saturated heterocycles. The Labute approximate surface area is 126 Å². The second-order valence-electron chi connectivity index (χ2n) is 4.24. The van der Waals surface area contributed by atoms with E-state index in [-0.39, 0.29) is 0 Å². The van der Waals surface area contributed by atoms with Gasteiger partial charge >= 0.3 is 0 Å². The number of benzene rings is 2. The van der Waals surface area contributed by atoms with Crippen molar-refractivity contribution < 1.29 is 9.84 Å². The van der Waals surface area contributed by atoms with E-state index in [0.29, 0.717) is 11.4 Å². The third-order valence-electron chi connectivity index (χ3n) is 2.92. The van der Waals surface area contributed by atoms with Crippen LogP contribution in [0.5, 0.6) is 5.75 Å². The van der Waals surface area contributed by atoms with E-state index >= 15 is 0 Å². The molecule has 0 aliphatic heterocycles. The van der Waals surface area contributed by atoms with Gasteiger partial charge < -0.3 is 9.84 Å². The lowest BCUT2D eigenvalue weighted by atomic mass is 10.0. The van der Waals surface area contributed by atoms with Crippen molar-refractivity contribution in [2.75, 3.05) is 7.11 Å². The SMILES string of the molecule is COc1ccc(CC(O)c2ccc(Br)c(Cl)c2)cc1. The molecule has 0 fully saturated rings. The molecule has 100 valence electrons. The highest BCUT2D eigenvalue weighted by molar-refractivity contribution is 9.10. The third kappa shape index (κ3) is 3.72. The Morgan fingerprint density at radius 1 is 1.21 bits per heavy atom. The highest BCUT2D eigenvalue weighted by Gasteiger charge is 2.10. The predicted octanol–water partition coefficient (Wildman–Crippen LogP) is 4.39. The summed E-state index contributed by atoms with van der Waals surface area (Å²) in [5.74, 6) is 0.810. The van der Waals surface area contributed by atoms with Crippen molar-refractivity contribution in [1.29, 1.82) is 0 Å². The zero-order valence-corrected chi connectivity index (χ0v) is 12.8. The van der Waals surface area contributed by atoms with Crippen LogP contribution in [0, 0.1) is 0 Å². The van der Waals surface area contributed by atoms with E-state index in [0.717, 1.165) is 21.3 Å². The molecule has 0 aliphatic carbocycles. The van der Waals surface area contributed by atoms with Gasteiger partial charge in [-0.25, -0.2) is 0 Å². The molecule has 2 aromatic rings. The van der Waals surface area contributed by atoms with Crippen LogP contribution in [0.1, 0.15) is 17.2 Å². The van der Waals surface area contributed by atoms with Crippen LogP contribution in [0.3, 0.4) is 0 Å². The molecular weight excluding hydrogens is 328 g/mol. The Hall–Kier alpha value is -1.03. The average molecular weight is 342 g/mol. The van der Waals surface area contributed by atoms with Crippen molar-refractivity contribution >= 4 is 27.5 Å². The lowest BCUT2D eigenvalue weighted by Gasteiger charge is -2.12. The smallest absolute Gasteiger partial charge is 0.118 e. The molecule has 0 aromatic heterocycles. The zero-order chi connectivity index (χ0) is 13.8. The molecule has 19 heavy (non-hydrogen) atoms. The largest absolute Gasteiger partial charge is 0.497 e. The van der Waals surface area contributed by atoms with E-state index in [1.807, 2.05) is 36.4 Å². The molecule has 0 radical (unpaired) electrons. The molecule has 1 N–H and O–H groups in total. The molecule has 0 heterocycles. The number of ether oxygens (including phenoxy) is 1. The first-order chi connectivity index (χ1) is 9.10. The fraction of sp³-hybridized carbons (Fsp3) is 0.200. The van der Waals surface area contributed by atoms with Crippen molar-refractivity contribution in [2.24, 2.45) is 0 Å². The number of methoxy groups -OCH3 is 1. The summed E-state index contributed by atoms with van der Waals surface area (Å²) in [4.78, 5) is 0. The molecule has 0 saturated carbocycles. The molecule has 4 heteroatoms. The standard InChI is InChI=1S/C15H14BrClO2/c1-19-12-5-2-10(3-6-12)8-15(18)11-4-7-13(16)14(17)9-11/h2-7,9,15,18H,8H2,1H3. The van der Waals surface area contributed by atoms with Crippen molar-refractivity contribution in [1.82, 2.24) is 0 Å². The highest BCUT2D eigenvalue weighted by atomic mass is 79.9. The fourth-order valence-electron chi connectivity index (χ4n) is 1.82. The van der Waals surface area contributed by atoms with Crippen molar-refractivity contribution in [3.8, 4) is 5.75 Å². The Bertz CT molecular complexity index is 555. The topological polar surface area (TPSA) is 29.5 Å². The monoisotopic (exact) mass is 340 g/mol. The van der Waals surface area contributed by atoms with Crippen molar-refractivity contribution in [2.45, 2.75) is 12.5 Å². The maximum Gasteiger partial charge on any atom is 0.118 e. The van der Waals surface area contributed by atoms with E-state index in [1.165, 1.54) is 0 Å². The maximum atomic E-state index is 10.2. The van der Waals surface area contributed by atoms with Crippen LogP contribution in [0.25, 0.3) is 0 Å². The Morgan fingerprint density at radius 2 is 1.89 bits per heavy atom. The van der Waals surface area contributed by atoms with Crippen molar-refractivity contribution in [3.63, 3.8) is 0 Å². The van der Waals surface area contributed by atoms with Gasteiger partial charge in [0.1, 0.15) is 5.75 Å². The van der Waals surface area contributed by atoms with Gasteiger partial charge in [-0.15, -0.1) is 0 Å².